The third kappa shape index (κ3) is 3.97. The van der Waals surface area contributed by atoms with Crippen molar-refractivity contribution in [1.29, 1.82) is 0 Å². The van der Waals surface area contributed by atoms with Crippen LogP contribution >= 0.6 is 0 Å². The molecule has 2 aromatic heterocycles. The average molecular weight is 349 g/mol. The molecule has 26 heavy (non-hydrogen) atoms. The second-order valence-electron chi connectivity index (χ2n) is 5.91. The lowest BCUT2D eigenvalue weighted by atomic mass is 10.1. The van der Waals surface area contributed by atoms with Crippen molar-refractivity contribution >= 4 is 17.5 Å². The highest BCUT2D eigenvalue weighted by Gasteiger charge is 2.14. The van der Waals surface area contributed by atoms with E-state index in [1.165, 1.54) is 18.5 Å². The predicted molar refractivity (Wildman–Crippen MR) is 98.0 cm³/mol. The van der Waals surface area contributed by atoms with E-state index >= 15 is 0 Å². The molecule has 0 radical (unpaired) electrons. The maximum absolute atomic E-state index is 12.6. The van der Waals surface area contributed by atoms with Gasteiger partial charge >= 0.3 is 0 Å². The summed E-state index contributed by atoms with van der Waals surface area (Å²) < 4.78 is 5.17. The zero-order valence-electron chi connectivity index (χ0n) is 14.6. The highest BCUT2D eigenvalue weighted by Crippen LogP contribution is 2.20. The van der Waals surface area contributed by atoms with Gasteiger partial charge in [0.2, 0.25) is 0 Å². The molecule has 0 bridgehead atoms. The average Bonchev–Trinajstić information content (AvgIpc) is 3.16. The van der Waals surface area contributed by atoms with Crippen molar-refractivity contribution in [2.24, 2.45) is 0 Å². The van der Waals surface area contributed by atoms with Gasteiger partial charge in [0, 0.05) is 17.4 Å². The van der Waals surface area contributed by atoms with E-state index in [1.807, 2.05) is 32.0 Å². The minimum atomic E-state index is -0.372. The number of rotatable bonds is 5. The van der Waals surface area contributed by atoms with Gasteiger partial charge in [-0.25, -0.2) is 0 Å². The lowest BCUT2D eigenvalue weighted by Gasteiger charge is -2.11. The number of carbonyl (C=O) groups is 2. The van der Waals surface area contributed by atoms with E-state index in [9.17, 15) is 9.59 Å². The van der Waals surface area contributed by atoms with Gasteiger partial charge in [-0.15, -0.1) is 0 Å². The number of hydrogen-bond acceptors (Lipinski definition) is 4. The molecule has 0 fully saturated rings. The van der Waals surface area contributed by atoms with Gasteiger partial charge in [0.15, 0.2) is 0 Å². The minimum Gasteiger partial charge on any atom is -0.467 e. The first-order valence-electron chi connectivity index (χ1n) is 8.19. The molecule has 0 aliphatic rings. The SMILES string of the molecule is Cc1cccc(C)c1NC(=O)c1ccnc(C(=O)NCc2ccco2)c1. The number of benzene rings is 1. The fraction of sp³-hybridized carbons (Fsp3) is 0.150. The molecule has 0 saturated heterocycles. The van der Waals surface area contributed by atoms with Crippen LogP contribution in [0.5, 0.6) is 0 Å². The van der Waals surface area contributed by atoms with Crippen molar-refractivity contribution in [3.8, 4) is 0 Å². The van der Waals surface area contributed by atoms with Gasteiger partial charge in [0.25, 0.3) is 11.8 Å². The molecule has 0 spiro atoms. The topological polar surface area (TPSA) is 84.2 Å². The van der Waals surface area contributed by atoms with E-state index in [4.69, 9.17) is 4.42 Å². The first-order valence-corrected chi connectivity index (χ1v) is 8.19. The Labute approximate surface area is 151 Å². The van der Waals surface area contributed by atoms with Gasteiger partial charge in [-0.3, -0.25) is 14.6 Å². The number of aryl methyl sites for hydroxylation is 2. The number of aromatic nitrogens is 1. The summed E-state index contributed by atoms with van der Waals surface area (Å²) in [7, 11) is 0. The Morgan fingerprint density at radius 2 is 1.81 bits per heavy atom. The molecule has 0 saturated carbocycles. The molecular weight excluding hydrogens is 330 g/mol. The monoisotopic (exact) mass is 349 g/mol. The third-order valence-electron chi connectivity index (χ3n) is 3.98. The van der Waals surface area contributed by atoms with Gasteiger partial charge in [-0.1, -0.05) is 18.2 Å². The normalized spacial score (nSPS) is 10.4. The molecule has 2 amide bonds. The summed E-state index contributed by atoms with van der Waals surface area (Å²) in [6.45, 7) is 4.12. The van der Waals surface area contributed by atoms with E-state index in [0.29, 0.717) is 11.3 Å². The van der Waals surface area contributed by atoms with Crippen molar-refractivity contribution < 1.29 is 14.0 Å². The molecule has 3 aromatic rings. The molecule has 6 nitrogen and oxygen atoms in total. The van der Waals surface area contributed by atoms with Crippen molar-refractivity contribution in [3.63, 3.8) is 0 Å². The van der Waals surface area contributed by atoms with Crippen LogP contribution in [0, 0.1) is 13.8 Å². The number of anilines is 1. The number of para-hydroxylation sites is 1. The number of furan rings is 1. The van der Waals surface area contributed by atoms with Crippen LogP contribution in [0.25, 0.3) is 0 Å². The van der Waals surface area contributed by atoms with Crippen LogP contribution in [-0.2, 0) is 6.54 Å². The zero-order valence-corrected chi connectivity index (χ0v) is 14.6. The van der Waals surface area contributed by atoms with E-state index in [-0.39, 0.29) is 24.1 Å². The summed E-state index contributed by atoms with van der Waals surface area (Å²) in [4.78, 5) is 28.8. The van der Waals surface area contributed by atoms with Gasteiger partial charge in [0.05, 0.1) is 12.8 Å². The van der Waals surface area contributed by atoms with Gasteiger partial charge in [-0.05, 0) is 49.2 Å². The number of nitrogens with zero attached hydrogens (tertiary/aromatic N) is 1. The molecule has 6 heteroatoms. The van der Waals surface area contributed by atoms with Crippen LogP contribution in [0.4, 0.5) is 5.69 Å². The summed E-state index contributed by atoms with van der Waals surface area (Å²) in [6, 6.07) is 12.4. The number of hydrogen-bond donors (Lipinski definition) is 2. The molecular formula is C20H19N3O3. The van der Waals surface area contributed by atoms with E-state index < -0.39 is 0 Å². The Kier molecular flexibility index (Phi) is 5.12. The molecule has 0 unspecified atom stereocenters. The standard InChI is InChI=1S/C20H19N3O3/c1-13-5-3-6-14(2)18(13)23-19(24)15-8-9-21-17(11-15)20(25)22-12-16-7-4-10-26-16/h3-11H,12H2,1-2H3,(H,22,25)(H,23,24). The van der Waals surface area contributed by atoms with E-state index in [1.54, 1.807) is 18.2 Å². The summed E-state index contributed by atoms with van der Waals surface area (Å²) >= 11 is 0. The predicted octanol–water partition coefficient (Wildman–Crippen LogP) is 3.47. The largest absolute Gasteiger partial charge is 0.467 e. The molecule has 132 valence electrons. The van der Waals surface area contributed by atoms with Crippen LogP contribution in [0.1, 0.15) is 37.7 Å². The molecule has 2 heterocycles. The molecule has 0 aliphatic heterocycles. The Morgan fingerprint density at radius 1 is 1.04 bits per heavy atom. The first kappa shape index (κ1) is 17.4. The Balaban J connectivity index is 1.72. The van der Waals surface area contributed by atoms with Crippen molar-refractivity contribution in [3.05, 3.63) is 83.1 Å². The van der Waals surface area contributed by atoms with Crippen molar-refractivity contribution in [2.75, 3.05) is 5.32 Å². The maximum Gasteiger partial charge on any atom is 0.270 e. The second kappa shape index (κ2) is 7.65. The number of nitrogens with one attached hydrogen (secondary N) is 2. The van der Waals surface area contributed by atoms with Crippen LogP contribution in [0.15, 0.2) is 59.3 Å². The molecule has 0 atom stereocenters. The first-order chi connectivity index (χ1) is 12.5. The summed E-state index contributed by atoms with van der Waals surface area (Å²) in [5.41, 5.74) is 3.27. The van der Waals surface area contributed by atoms with Crippen molar-refractivity contribution in [2.45, 2.75) is 20.4 Å². The number of pyridine rings is 1. The number of amides is 2. The smallest absolute Gasteiger partial charge is 0.270 e. The third-order valence-corrected chi connectivity index (χ3v) is 3.98. The summed E-state index contributed by atoms with van der Waals surface area (Å²) in [6.07, 6.45) is 2.99. The summed E-state index contributed by atoms with van der Waals surface area (Å²) in [5, 5.41) is 5.61. The van der Waals surface area contributed by atoms with Gasteiger partial charge in [-0.2, -0.15) is 0 Å². The van der Waals surface area contributed by atoms with Gasteiger partial charge in [0.1, 0.15) is 11.5 Å². The Bertz CT molecular complexity index is 913. The van der Waals surface area contributed by atoms with E-state index in [0.717, 1.165) is 16.8 Å². The highest BCUT2D eigenvalue weighted by atomic mass is 16.3. The van der Waals surface area contributed by atoms with Crippen LogP contribution in [0.3, 0.4) is 0 Å². The lowest BCUT2D eigenvalue weighted by molar-refractivity contribution is 0.0943. The summed E-state index contributed by atoms with van der Waals surface area (Å²) in [5.74, 6) is -0.0183. The lowest BCUT2D eigenvalue weighted by Crippen LogP contribution is -2.24. The number of carbonyl (C=O) groups excluding carboxylic acids is 2. The Hall–Kier alpha value is -3.41. The molecule has 2 N–H and O–H groups in total. The molecule has 1 aromatic carbocycles. The molecule has 3 rings (SSSR count). The van der Waals surface area contributed by atoms with Crippen LogP contribution in [0.2, 0.25) is 0 Å². The minimum absolute atomic E-state index is 0.172. The quantitative estimate of drug-likeness (QED) is 0.739. The van der Waals surface area contributed by atoms with E-state index in [2.05, 4.69) is 15.6 Å². The highest BCUT2D eigenvalue weighted by molar-refractivity contribution is 6.06. The zero-order chi connectivity index (χ0) is 18.5. The van der Waals surface area contributed by atoms with Crippen LogP contribution < -0.4 is 10.6 Å². The van der Waals surface area contributed by atoms with Gasteiger partial charge < -0.3 is 15.1 Å². The second-order valence-corrected chi connectivity index (χ2v) is 5.91. The molecule has 0 aliphatic carbocycles. The van der Waals surface area contributed by atoms with Crippen LogP contribution in [-0.4, -0.2) is 16.8 Å². The van der Waals surface area contributed by atoms with Crippen molar-refractivity contribution in [1.82, 2.24) is 10.3 Å². The fourth-order valence-corrected chi connectivity index (χ4v) is 2.56. The Morgan fingerprint density at radius 3 is 2.50 bits per heavy atom. The fourth-order valence-electron chi connectivity index (χ4n) is 2.56. The maximum atomic E-state index is 12.6.